The summed E-state index contributed by atoms with van der Waals surface area (Å²) in [6, 6.07) is 77.3. The van der Waals surface area contributed by atoms with E-state index in [0.717, 1.165) is 5.69 Å². The first-order chi connectivity index (χ1) is 28.3. The molecule has 2 aliphatic rings. The van der Waals surface area contributed by atoms with Gasteiger partial charge in [-0.15, -0.1) is 0 Å². The lowest BCUT2D eigenvalue weighted by Gasteiger charge is -2.27. The number of fused-ring (bicyclic) bond motifs is 17. The summed E-state index contributed by atoms with van der Waals surface area (Å²) in [5, 5.41) is 11.1. The molecule has 2 aromatic heterocycles. The van der Waals surface area contributed by atoms with E-state index in [1.165, 1.54) is 103 Å². The Labute approximate surface area is 331 Å². The molecule has 2 nitrogen and oxygen atoms in total. The molecule has 0 atom stereocenters. The molecule has 0 aliphatic carbocycles. The van der Waals surface area contributed by atoms with Crippen LogP contribution in [0.4, 0.5) is 0 Å². The monoisotopic (exact) mass is 738 g/mol. The number of rotatable bonds is 3. The number of aromatic nitrogens is 2. The van der Waals surface area contributed by atoms with Crippen LogP contribution in [0.2, 0.25) is 0 Å². The van der Waals surface area contributed by atoms with E-state index in [1.54, 1.807) is 0 Å². The van der Waals surface area contributed by atoms with Crippen molar-refractivity contribution in [2.24, 2.45) is 0 Å². The average Bonchev–Trinajstić information content (AvgIpc) is 3.99. The third kappa shape index (κ3) is 3.98. The highest BCUT2D eigenvalue weighted by Crippen LogP contribution is 2.43. The number of hydrogen-bond acceptors (Lipinski definition) is 0. The second kappa shape index (κ2) is 11.4. The van der Waals surface area contributed by atoms with E-state index in [9.17, 15) is 0 Å². The Hall–Kier alpha value is -7.20. The lowest BCUT2D eigenvalue weighted by atomic mass is 9.99. The number of nitrogens with zero attached hydrogens (tertiary/aromatic N) is 2. The molecule has 0 fully saturated rings. The molecule has 57 heavy (non-hydrogen) atoms. The van der Waals surface area contributed by atoms with Gasteiger partial charge in [0.15, 0.2) is 8.07 Å². The molecule has 2 aliphatic heterocycles. The van der Waals surface area contributed by atoms with Crippen molar-refractivity contribution in [3.05, 3.63) is 206 Å². The maximum absolute atomic E-state index is 2.51. The van der Waals surface area contributed by atoms with Gasteiger partial charge in [-0.2, -0.15) is 0 Å². The highest BCUT2D eigenvalue weighted by molar-refractivity contribution is 7.24. The van der Waals surface area contributed by atoms with E-state index in [0.29, 0.717) is 0 Å². The summed E-state index contributed by atoms with van der Waals surface area (Å²) in [6.45, 7) is 0. The molecule has 0 amide bonds. The Morgan fingerprint density at radius 3 is 1.56 bits per heavy atom. The van der Waals surface area contributed by atoms with Gasteiger partial charge in [-0.25, -0.2) is 0 Å². The first-order valence-corrected chi connectivity index (χ1v) is 21.9. The Bertz CT molecular complexity index is 3430. The van der Waals surface area contributed by atoms with Crippen molar-refractivity contribution in [2.45, 2.75) is 0 Å². The maximum Gasteiger partial charge on any atom is 0.182 e. The summed E-state index contributed by atoms with van der Waals surface area (Å²) in [7, 11) is -2.47. The molecular weight excluding hydrogens is 705 g/mol. The van der Waals surface area contributed by atoms with E-state index in [1.807, 2.05) is 0 Å². The lowest BCUT2D eigenvalue weighted by Crippen LogP contribution is -2.70. The molecule has 0 saturated carbocycles. The van der Waals surface area contributed by atoms with E-state index < -0.39 is 8.07 Å². The summed E-state index contributed by atoms with van der Waals surface area (Å²) in [6.07, 6.45) is 0. The van der Waals surface area contributed by atoms with Crippen molar-refractivity contribution >= 4 is 72.4 Å². The van der Waals surface area contributed by atoms with Gasteiger partial charge in [0.2, 0.25) is 0 Å². The smallest absolute Gasteiger partial charge is 0.182 e. The second-order valence-electron chi connectivity index (χ2n) is 15.6. The second-order valence-corrected chi connectivity index (χ2v) is 19.2. The van der Waals surface area contributed by atoms with Crippen molar-refractivity contribution in [1.29, 1.82) is 0 Å². The molecule has 13 rings (SSSR count). The van der Waals surface area contributed by atoms with Gasteiger partial charge in [-0.1, -0.05) is 158 Å². The fourth-order valence-corrected chi connectivity index (χ4v) is 16.3. The first kappa shape index (κ1) is 31.0. The van der Waals surface area contributed by atoms with E-state index in [-0.39, 0.29) is 0 Å². The van der Waals surface area contributed by atoms with Crippen LogP contribution in [0.1, 0.15) is 0 Å². The highest BCUT2D eigenvalue weighted by Gasteiger charge is 2.53. The molecule has 0 saturated heterocycles. The minimum absolute atomic E-state index is 1.16. The lowest BCUT2D eigenvalue weighted by molar-refractivity contribution is 1.17. The zero-order valence-corrected chi connectivity index (χ0v) is 32.0. The van der Waals surface area contributed by atoms with Crippen LogP contribution in [-0.2, 0) is 0 Å². The zero-order chi connectivity index (χ0) is 37.2. The van der Waals surface area contributed by atoms with Gasteiger partial charge in [0, 0.05) is 32.9 Å². The Morgan fingerprint density at radius 1 is 0.298 bits per heavy atom. The minimum Gasteiger partial charge on any atom is -0.309 e. The molecule has 1 spiro atoms. The van der Waals surface area contributed by atoms with Crippen molar-refractivity contribution in [3.8, 4) is 44.8 Å². The van der Waals surface area contributed by atoms with Gasteiger partial charge in [0.25, 0.3) is 0 Å². The van der Waals surface area contributed by atoms with Gasteiger partial charge in [-0.05, 0) is 103 Å². The molecule has 4 heterocycles. The van der Waals surface area contributed by atoms with Crippen LogP contribution >= 0.6 is 0 Å². The Morgan fingerprint density at radius 2 is 0.842 bits per heavy atom. The molecule has 11 aromatic rings. The normalized spacial score (nSPS) is 13.4. The zero-order valence-electron chi connectivity index (χ0n) is 31.0. The van der Waals surface area contributed by atoms with Gasteiger partial charge in [-0.3, -0.25) is 0 Å². The average molecular weight is 739 g/mol. The molecule has 0 radical (unpaired) electrons. The predicted molar refractivity (Wildman–Crippen MR) is 242 cm³/mol. The SMILES string of the molecule is c1ccc(-n2c3ccccc3c3c2ccc2c4ccccc4n(-c4cccc(-c5ccc6c(c5)-c5ccccc5[Si]65c6ccccc6-c6ccccc65)c4)c23)cc1. The predicted octanol–water partition coefficient (Wildman–Crippen LogP) is 10.9. The molecule has 0 bridgehead atoms. The van der Waals surface area contributed by atoms with E-state index in [2.05, 4.69) is 215 Å². The fourth-order valence-electron chi connectivity index (χ4n) is 10.7. The fraction of sp³-hybridized carbons (Fsp3) is 0. The first-order valence-electron chi connectivity index (χ1n) is 19.9. The van der Waals surface area contributed by atoms with Crippen LogP contribution in [0.25, 0.3) is 88.4 Å². The third-order valence-electron chi connectivity index (χ3n) is 12.9. The largest absolute Gasteiger partial charge is 0.309 e. The maximum atomic E-state index is 2.51. The number of hydrogen-bond donors (Lipinski definition) is 0. The molecule has 264 valence electrons. The molecule has 0 unspecified atom stereocenters. The topological polar surface area (TPSA) is 9.86 Å². The van der Waals surface area contributed by atoms with Crippen molar-refractivity contribution in [3.63, 3.8) is 0 Å². The molecule has 3 heteroatoms. The van der Waals surface area contributed by atoms with Gasteiger partial charge in [0.05, 0.1) is 22.1 Å². The van der Waals surface area contributed by atoms with Gasteiger partial charge in [0.1, 0.15) is 0 Å². The highest BCUT2D eigenvalue weighted by atomic mass is 28.3. The minimum atomic E-state index is -2.47. The molecule has 0 N–H and O–H groups in total. The summed E-state index contributed by atoms with van der Waals surface area (Å²) in [4.78, 5) is 0. The van der Waals surface area contributed by atoms with Gasteiger partial charge < -0.3 is 9.13 Å². The molecular formula is C54H34N2Si. The van der Waals surface area contributed by atoms with E-state index >= 15 is 0 Å². The van der Waals surface area contributed by atoms with Crippen LogP contribution in [0.5, 0.6) is 0 Å². The number of para-hydroxylation sites is 3. The Balaban J connectivity index is 1.05. The summed E-state index contributed by atoms with van der Waals surface area (Å²) in [5.41, 5.74) is 15.2. The van der Waals surface area contributed by atoms with Gasteiger partial charge >= 0.3 is 0 Å². The van der Waals surface area contributed by atoms with Crippen LogP contribution in [0.3, 0.4) is 0 Å². The third-order valence-corrected chi connectivity index (χ3v) is 17.9. The molecule has 9 aromatic carbocycles. The van der Waals surface area contributed by atoms with Crippen molar-refractivity contribution in [2.75, 3.05) is 0 Å². The van der Waals surface area contributed by atoms with Crippen LogP contribution in [0.15, 0.2) is 206 Å². The van der Waals surface area contributed by atoms with Crippen molar-refractivity contribution < 1.29 is 0 Å². The van der Waals surface area contributed by atoms with Crippen LogP contribution < -0.4 is 20.7 Å². The summed E-state index contributed by atoms with van der Waals surface area (Å²) >= 11 is 0. The quantitative estimate of drug-likeness (QED) is 0.160. The van der Waals surface area contributed by atoms with Crippen LogP contribution in [0, 0.1) is 0 Å². The Kier molecular flexibility index (Phi) is 6.22. The van der Waals surface area contributed by atoms with Crippen LogP contribution in [-0.4, -0.2) is 17.2 Å². The van der Waals surface area contributed by atoms with E-state index in [4.69, 9.17) is 0 Å². The number of benzene rings is 9. The standard InChI is InChI=1S/C54H34N2Si/c1-2-16-37(17-3-1)55-47-25-10-5-23-44(47)53-48(55)31-30-43-39-19-4-9-24-46(39)56(54(43)53)38-18-14-15-35(33-38)36-29-32-52-45(34-36)42-22-8-13-28-51(42)57(52)49-26-11-6-20-40(49)41-21-7-12-27-50(41)57/h1-34H. The van der Waals surface area contributed by atoms with Crippen molar-refractivity contribution in [1.82, 2.24) is 9.13 Å². The summed E-state index contributed by atoms with van der Waals surface area (Å²) < 4.78 is 4.93. The summed E-state index contributed by atoms with van der Waals surface area (Å²) in [5.74, 6) is 0.